The van der Waals surface area contributed by atoms with Gasteiger partial charge in [-0.15, -0.1) is 0 Å². The summed E-state index contributed by atoms with van der Waals surface area (Å²) in [7, 11) is 5.54. The summed E-state index contributed by atoms with van der Waals surface area (Å²) < 4.78 is 5.42. The topological polar surface area (TPSA) is 67.6 Å². The molecule has 116 valence electrons. The molecule has 2 rings (SSSR count). The predicted molar refractivity (Wildman–Crippen MR) is 85.6 cm³/mol. The molecule has 1 aliphatic carbocycles. The zero-order valence-corrected chi connectivity index (χ0v) is 13.4. The number of rotatable bonds is 4. The second-order valence-electron chi connectivity index (χ2n) is 6.48. The number of ether oxygens (including phenoxy) is 1. The standard InChI is InChI=1S/C16H25N3O2/c1-16(2)13(9-14(16)21-5)18-15(20)11-8-10(17)6-7-12(11)19(3)4/h6-8,13-14H,9,17H2,1-5H3,(H,18,20). The smallest absolute Gasteiger partial charge is 0.253 e. The molecule has 1 amide bonds. The van der Waals surface area contributed by atoms with Crippen molar-refractivity contribution >= 4 is 17.3 Å². The second-order valence-corrected chi connectivity index (χ2v) is 6.48. The predicted octanol–water partition coefficient (Wildman–Crippen LogP) is 1.88. The van der Waals surface area contributed by atoms with Crippen LogP contribution in [0, 0.1) is 5.41 Å². The van der Waals surface area contributed by atoms with Crippen LogP contribution in [0.1, 0.15) is 30.6 Å². The lowest BCUT2D eigenvalue weighted by Crippen LogP contribution is -2.61. The summed E-state index contributed by atoms with van der Waals surface area (Å²) in [5.41, 5.74) is 7.83. The number of methoxy groups -OCH3 is 1. The second kappa shape index (κ2) is 5.56. The first-order valence-electron chi connectivity index (χ1n) is 7.18. The molecule has 0 saturated heterocycles. The van der Waals surface area contributed by atoms with Gasteiger partial charge in [-0.1, -0.05) is 13.8 Å². The van der Waals surface area contributed by atoms with E-state index in [1.807, 2.05) is 25.1 Å². The Morgan fingerprint density at radius 1 is 1.43 bits per heavy atom. The van der Waals surface area contributed by atoms with Crippen LogP contribution in [0.5, 0.6) is 0 Å². The monoisotopic (exact) mass is 291 g/mol. The Labute approximate surface area is 126 Å². The quantitative estimate of drug-likeness (QED) is 0.831. The van der Waals surface area contributed by atoms with E-state index in [-0.39, 0.29) is 23.5 Å². The maximum absolute atomic E-state index is 12.6. The van der Waals surface area contributed by atoms with Crippen molar-refractivity contribution in [3.63, 3.8) is 0 Å². The Bertz CT molecular complexity index is 540. The number of anilines is 2. The summed E-state index contributed by atoms with van der Waals surface area (Å²) >= 11 is 0. The molecule has 0 spiro atoms. The fourth-order valence-corrected chi connectivity index (χ4v) is 2.89. The van der Waals surface area contributed by atoms with Gasteiger partial charge in [0.2, 0.25) is 0 Å². The number of amides is 1. The van der Waals surface area contributed by atoms with Crippen molar-refractivity contribution in [2.24, 2.45) is 5.41 Å². The average Bonchev–Trinajstić information content (AvgIpc) is 2.42. The molecule has 0 bridgehead atoms. The molecular weight excluding hydrogens is 266 g/mol. The van der Waals surface area contributed by atoms with Gasteiger partial charge < -0.3 is 20.7 Å². The van der Waals surface area contributed by atoms with E-state index in [1.54, 1.807) is 19.2 Å². The number of carbonyl (C=O) groups is 1. The Morgan fingerprint density at radius 2 is 2.10 bits per heavy atom. The van der Waals surface area contributed by atoms with Crippen LogP contribution in [-0.4, -0.2) is 39.3 Å². The lowest BCUT2D eigenvalue weighted by atomic mass is 9.64. The molecule has 0 aliphatic heterocycles. The van der Waals surface area contributed by atoms with Crippen LogP contribution in [0.15, 0.2) is 18.2 Å². The largest absolute Gasteiger partial charge is 0.399 e. The van der Waals surface area contributed by atoms with Crippen molar-refractivity contribution in [3.8, 4) is 0 Å². The molecule has 3 N–H and O–H groups in total. The van der Waals surface area contributed by atoms with Crippen LogP contribution in [0.3, 0.4) is 0 Å². The van der Waals surface area contributed by atoms with E-state index >= 15 is 0 Å². The third-order valence-corrected chi connectivity index (χ3v) is 4.51. The van der Waals surface area contributed by atoms with Gasteiger partial charge in [-0.2, -0.15) is 0 Å². The van der Waals surface area contributed by atoms with Crippen molar-refractivity contribution in [3.05, 3.63) is 23.8 Å². The van der Waals surface area contributed by atoms with Crippen molar-refractivity contribution < 1.29 is 9.53 Å². The number of carbonyl (C=O) groups excluding carboxylic acids is 1. The molecule has 1 aromatic carbocycles. The Morgan fingerprint density at radius 3 is 2.62 bits per heavy atom. The number of nitrogens with two attached hydrogens (primary N) is 1. The van der Waals surface area contributed by atoms with Crippen LogP contribution in [-0.2, 0) is 4.74 Å². The lowest BCUT2D eigenvalue weighted by Gasteiger charge is -2.51. The van der Waals surface area contributed by atoms with E-state index in [9.17, 15) is 4.79 Å². The Hall–Kier alpha value is -1.75. The zero-order chi connectivity index (χ0) is 15.8. The maximum Gasteiger partial charge on any atom is 0.253 e. The zero-order valence-electron chi connectivity index (χ0n) is 13.4. The molecule has 1 aliphatic rings. The average molecular weight is 291 g/mol. The third-order valence-electron chi connectivity index (χ3n) is 4.51. The van der Waals surface area contributed by atoms with Gasteiger partial charge >= 0.3 is 0 Å². The molecule has 2 unspecified atom stereocenters. The highest BCUT2D eigenvalue weighted by atomic mass is 16.5. The van der Waals surface area contributed by atoms with Crippen LogP contribution in [0.2, 0.25) is 0 Å². The third kappa shape index (κ3) is 2.83. The molecule has 5 nitrogen and oxygen atoms in total. The number of hydrogen-bond donors (Lipinski definition) is 2. The molecule has 0 radical (unpaired) electrons. The van der Waals surface area contributed by atoms with E-state index in [0.29, 0.717) is 11.3 Å². The fourth-order valence-electron chi connectivity index (χ4n) is 2.89. The van der Waals surface area contributed by atoms with Crippen molar-refractivity contribution in [1.82, 2.24) is 5.32 Å². The summed E-state index contributed by atoms with van der Waals surface area (Å²) in [5, 5.41) is 3.11. The highest BCUT2D eigenvalue weighted by Crippen LogP contribution is 2.42. The van der Waals surface area contributed by atoms with Crippen LogP contribution >= 0.6 is 0 Å². The van der Waals surface area contributed by atoms with Gasteiger partial charge in [0.05, 0.1) is 11.7 Å². The van der Waals surface area contributed by atoms with Crippen LogP contribution in [0.4, 0.5) is 11.4 Å². The van der Waals surface area contributed by atoms with E-state index < -0.39 is 0 Å². The van der Waals surface area contributed by atoms with E-state index in [2.05, 4.69) is 19.2 Å². The molecule has 0 aromatic heterocycles. The van der Waals surface area contributed by atoms with Gasteiger partial charge in [-0.3, -0.25) is 4.79 Å². The van der Waals surface area contributed by atoms with E-state index in [0.717, 1.165) is 12.1 Å². The molecule has 0 heterocycles. The first-order valence-corrected chi connectivity index (χ1v) is 7.18. The van der Waals surface area contributed by atoms with E-state index in [1.165, 1.54) is 0 Å². The molecular formula is C16H25N3O2. The number of hydrogen-bond acceptors (Lipinski definition) is 4. The highest BCUT2D eigenvalue weighted by molar-refractivity contribution is 6.01. The van der Waals surface area contributed by atoms with Crippen molar-refractivity contribution in [2.45, 2.75) is 32.4 Å². The fraction of sp³-hybridized carbons (Fsp3) is 0.562. The van der Waals surface area contributed by atoms with Gasteiger partial charge in [0, 0.05) is 44.0 Å². The highest BCUT2D eigenvalue weighted by Gasteiger charge is 2.49. The molecule has 5 heteroatoms. The van der Waals surface area contributed by atoms with Gasteiger partial charge in [0.15, 0.2) is 0 Å². The van der Waals surface area contributed by atoms with Crippen LogP contribution < -0.4 is 16.0 Å². The first-order chi connectivity index (χ1) is 9.77. The number of benzene rings is 1. The van der Waals surface area contributed by atoms with Gasteiger partial charge in [-0.05, 0) is 24.6 Å². The summed E-state index contributed by atoms with van der Waals surface area (Å²) in [6.07, 6.45) is 1.03. The number of nitrogen functional groups attached to an aromatic ring is 1. The minimum absolute atomic E-state index is 0.0526. The van der Waals surface area contributed by atoms with Crippen molar-refractivity contribution in [1.29, 1.82) is 0 Å². The van der Waals surface area contributed by atoms with Crippen LogP contribution in [0.25, 0.3) is 0 Å². The Balaban J connectivity index is 2.17. The lowest BCUT2D eigenvalue weighted by molar-refractivity contribution is -0.0942. The maximum atomic E-state index is 12.6. The normalized spacial score (nSPS) is 23.3. The number of nitrogens with one attached hydrogen (secondary N) is 1. The SMILES string of the molecule is COC1CC(NC(=O)c2cc(N)ccc2N(C)C)C1(C)C. The minimum atomic E-state index is -0.0846. The molecule has 2 atom stereocenters. The van der Waals surface area contributed by atoms with Gasteiger partial charge in [0.1, 0.15) is 0 Å². The minimum Gasteiger partial charge on any atom is -0.399 e. The van der Waals surface area contributed by atoms with Gasteiger partial charge in [0.25, 0.3) is 5.91 Å². The molecule has 1 fully saturated rings. The Kier molecular flexibility index (Phi) is 4.14. The summed E-state index contributed by atoms with van der Waals surface area (Å²) in [4.78, 5) is 14.5. The van der Waals surface area contributed by atoms with Gasteiger partial charge in [-0.25, -0.2) is 0 Å². The molecule has 1 aromatic rings. The number of nitrogens with zero attached hydrogens (tertiary/aromatic N) is 1. The molecule has 1 saturated carbocycles. The summed E-state index contributed by atoms with van der Waals surface area (Å²) in [5.74, 6) is -0.0846. The summed E-state index contributed by atoms with van der Waals surface area (Å²) in [6, 6.07) is 5.52. The van der Waals surface area contributed by atoms with E-state index in [4.69, 9.17) is 10.5 Å². The summed E-state index contributed by atoms with van der Waals surface area (Å²) in [6.45, 7) is 4.23. The van der Waals surface area contributed by atoms with Crippen molar-refractivity contribution in [2.75, 3.05) is 31.8 Å². The first kappa shape index (κ1) is 15.6. The molecule has 21 heavy (non-hydrogen) atoms.